The van der Waals surface area contributed by atoms with Crippen molar-refractivity contribution in [2.24, 2.45) is 5.92 Å². The van der Waals surface area contributed by atoms with Crippen LogP contribution in [0.15, 0.2) is 30.3 Å². The minimum atomic E-state index is 0.141. The van der Waals surface area contributed by atoms with Crippen molar-refractivity contribution in [3.63, 3.8) is 0 Å². The smallest absolute Gasteiger partial charge is 0.228 e. The zero-order valence-electron chi connectivity index (χ0n) is 11.0. The molecule has 4 rings (SSSR count). The summed E-state index contributed by atoms with van der Waals surface area (Å²) in [5.74, 6) is 3.08. The number of aromatic nitrogens is 2. The molecule has 1 N–H and O–H groups in total. The molecule has 0 unspecified atom stereocenters. The highest BCUT2D eigenvalue weighted by atomic mass is 32.2. The van der Waals surface area contributed by atoms with Crippen molar-refractivity contribution in [2.45, 2.75) is 24.3 Å². The van der Waals surface area contributed by atoms with Crippen LogP contribution in [0.3, 0.4) is 0 Å². The molecule has 5 heteroatoms. The van der Waals surface area contributed by atoms with Gasteiger partial charge >= 0.3 is 0 Å². The third kappa shape index (κ3) is 2.02. The number of para-hydroxylation sites is 1. The van der Waals surface area contributed by atoms with Crippen molar-refractivity contribution in [1.82, 2.24) is 9.78 Å². The number of hydrogen-bond donors (Lipinski definition) is 1. The summed E-state index contributed by atoms with van der Waals surface area (Å²) in [7, 11) is 0. The molecule has 0 atom stereocenters. The van der Waals surface area contributed by atoms with Gasteiger partial charge in [0.1, 0.15) is 5.82 Å². The zero-order chi connectivity index (χ0) is 13.5. The molecule has 1 saturated carbocycles. The maximum atomic E-state index is 12.1. The maximum absolute atomic E-state index is 12.1. The monoisotopic (exact) mass is 285 g/mol. The number of rotatable bonds is 3. The van der Waals surface area contributed by atoms with E-state index < -0.39 is 0 Å². The lowest BCUT2D eigenvalue weighted by Crippen LogP contribution is -2.17. The molecule has 0 radical (unpaired) electrons. The predicted octanol–water partition coefficient (Wildman–Crippen LogP) is 2.97. The van der Waals surface area contributed by atoms with Crippen LogP contribution in [0.2, 0.25) is 0 Å². The van der Waals surface area contributed by atoms with E-state index in [1.54, 1.807) is 0 Å². The van der Waals surface area contributed by atoms with Gasteiger partial charge in [-0.1, -0.05) is 18.2 Å². The number of nitrogens with one attached hydrogen (secondary N) is 1. The van der Waals surface area contributed by atoms with Gasteiger partial charge in [-0.2, -0.15) is 16.9 Å². The van der Waals surface area contributed by atoms with E-state index in [0.29, 0.717) is 0 Å². The van der Waals surface area contributed by atoms with Gasteiger partial charge in [0.15, 0.2) is 0 Å². The van der Waals surface area contributed by atoms with E-state index >= 15 is 0 Å². The standard InChI is InChI=1S/C15H15N3OS/c19-15(10-6-7-10)16-14-12-8-20-9-13(12)17-18(14)11-4-2-1-3-5-11/h1-5,10H,6-9H2,(H,16,19). The summed E-state index contributed by atoms with van der Waals surface area (Å²) in [6.45, 7) is 0. The van der Waals surface area contributed by atoms with Crippen molar-refractivity contribution >= 4 is 23.5 Å². The van der Waals surface area contributed by atoms with Gasteiger partial charge in [-0.3, -0.25) is 4.79 Å². The molecule has 2 aromatic rings. The Hall–Kier alpha value is -1.75. The number of hydrogen-bond acceptors (Lipinski definition) is 3. The number of fused-ring (bicyclic) bond motifs is 1. The van der Waals surface area contributed by atoms with Crippen molar-refractivity contribution in [3.05, 3.63) is 41.6 Å². The first kappa shape index (κ1) is 12.0. The summed E-state index contributed by atoms with van der Waals surface area (Å²) >= 11 is 1.85. The molecule has 1 aromatic heterocycles. The number of benzene rings is 1. The fourth-order valence-electron chi connectivity index (χ4n) is 2.46. The van der Waals surface area contributed by atoms with Gasteiger partial charge in [0.2, 0.25) is 5.91 Å². The first-order chi connectivity index (χ1) is 9.83. The molecule has 0 bridgehead atoms. The van der Waals surface area contributed by atoms with Gasteiger partial charge in [0, 0.05) is 23.0 Å². The van der Waals surface area contributed by atoms with Crippen molar-refractivity contribution in [2.75, 3.05) is 5.32 Å². The van der Waals surface area contributed by atoms with Gasteiger partial charge in [-0.25, -0.2) is 4.68 Å². The van der Waals surface area contributed by atoms with E-state index in [0.717, 1.165) is 41.5 Å². The van der Waals surface area contributed by atoms with Gasteiger partial charge in [0.05, 0.1) is 11.4 Å². The topological polar surface area (TPSA) is 46.9 Å². The Labute approximate surface area is 121 Å². The summed E-state index contributed by atoms with van der Waals surface area (Å²) in [5.41, 5.74) is 3.29. The van der Waals surface area contributed by atoms with E-state index in [1.807, 2.05) is 46.8 Å². The van der Waals surface area contributed by atoms with Crippen LogP contribution in [0.4, 0.5) is 5.82 Å². The number of thioether (sulfide) groups is 1. The normalized spacial score (nSPS) is 17.0. The van der Waals surface area contributed by atoms with Gasteiger partial charge in [0.25, 0.3) is 0 Å². The fourth-order valence-corrected chi connectivity index (χ4v) is 3.50. The van der Waals surface area contributed by atoms with Crippen molar-refractivity contribution < 1.29 is 4.79 Å². The minimum Gasteiger partial charge on any atom is -0.310 e. The van der Waals surface area contributed by atoms with E-state index in [2.05, 4.69) is 10.4 Å². The average Bonchev–Trinajstić information content (AvgIpc) is 3.14. The van der Waals surface area contributed by atoms with E-state index in [1.165, 1.54) is 5.56 Å². The highest BCUT2D eigenvalue weighted by Gasteiger charge is 2.32. The molecule has 1 aliphatic carbocycles. The summed E-state index contributed by atoms with van der Waals surface area (Å²) in [6.07, 6.45) is 2.03. The van der Waals surface area contributed by atoms with Crippen LogP contribution in [0, 0.1) is 5.92 Å². The van der Waals surface area contributed by atoms with Crippen LogP contribution in [-0.2, 0) is 16.3 Å². The minimum absolute atomic E-state index is 0.141. The molecule has 1 fully saturated rings. The molecular weight excluding hydrogens is 270 g/mol. The van der Waals surface area contributed by atoms with Crippen molar-refractivity contribution in [1.29, 1.82) is 0 Å². The molecule has 2 heterocycles. The lowest BCUT2D eigenvalue weighted by molar-refractivity contribution is -0.117. The van der Waals surface area contributed by atoms with Crippen LogP contribution in [0.5, 0.6) is 0 Å². The zero-order valence-corrected chi connectivity index (χ0v) is 11.8. The number of anilines is 1. The maximum Gasteiger partial charge on any atom is 0.228 e. The molecule has 20 heavy (non-hydrogen) atoms. The molecule has 102 valence electrons. The summed E-state index contributed by atoms with van der Waals surface area (Å²) < 4.78 is 1.88. The third-order valence-corrected chi connectivity index (χ3v) is 4.71. The summed E-state index contributed by atoms with van der Waals surface area (Å²) in [6, 6.07) is 10.00. The number of amides is 1. The molecule has 1 amide bonds. The largest absolute Gasteiger partial charge is 0.310 e. The van der Waals surface area contributed by atoms with Crippen LogP contribution < -0.4 is 5.32 Å². The SMILES string of the molecule is O=C(Nc1c2c(nn1-c1ccccc1)CSC2)C1CC1. The lowest BCUT2D eigenvalue weighted by atomic mass is 10.2. The fraction of sp³-hybridized carbons (Fsp3) is 0.333. The Kier molecular flexibility index (Phi) is 2.80. The molecule has 0 saturated heterocycles. The van der Waals surface area contributed by atoms with Gasteiger partial charge < -0.3 is 5.32 Å². The Morgan fingerprint density at radius 1 is 1.25 bits per heavy atom. The first-order valence-electron chi connectivity index (χ1n) is 6.88. The Morgan fingerprint density at radius 3 is 2.80 bits per heavy atom. The lowest BCUT2D eigenvalue weighted by Gasteiger charge is -2.10. The van der Waals surface area contributed by atoms with E-state index in [9.17, 15) is 4.79 Å². The molecule has 4 nitrogen and oxygen atoms in total. The number of carbonyl (C=O) groups excluding carboxylic acids is 1. The highest BCUT2D eigenvalue weighted by molar-refractivity contribution is 7.98. The average molecular weight is 285 g/mol. The number of nitrogens with zero attached hydrogens (tertiary/aromatic N) is 2. The first-order valence-corrected chi connectivity index (χ1v) is 8.03. The molecule has 1 aromatic carbocycles. The van der Waals surface area contributed by atoms with Crippen molar-refractivity contribution in [3.8, 4) is 5.69 Å². The van der Waals surface area contributed by atoms with Crippen LogP contribution in [0.1, 0.15) is 24.1 Å². The van der Waals surface area contributed by atoms with Crippen LogP contribution in [-0.4, -0.2) is 15.7 Å². The Bertz CT molecular complexity index is 661. The third-order valence-electron chi connectivity index (χ3n) is 3.74. The van der Waals surface area contributed by atoms with E-state index in [-0.39, 0.29) is 11.8 Å². The Balaban J connectivity index is 1.76. The van der Waals surface area contributed by atoms with Gasteiger partial charge in [-0.05, 0) is 25.0 Å². The Morgan fingerprint density at radius 2 is 2.05 bits per heavy atom. The van der Waals surface area contributed by atoms with Crippen LogP contribution in [0.25, 0.3) is 5.69 Å². The highest BCUT2D eigenvalue weighted by Crippen LogP contribution is 2.37. The molecular formula is C15H15N3OS. The second kappa shape index (κ2) is 4.66. The summed E-state index contributed by atoms with van der Waals surface area (Å²) in [4.78, 5) is 12.1. The second-order valence-electron chi connectivity index (χ2n) is 5.28. The number of carbonyl (C=O) groups is 1. The quantitative estimate of drug-likeness (QED) is 0.943. The second-order valence-corrected chi connectivity index (χ2v) is 6.26. The van der Waals surface area contributed by atoms with E-state index in [4.69, 9.17) is 0 Å². The van der Waals surface area contributed by atoms with Crippen LogP contribution >= 0.6 is 11.8 Å². The van der Waals surface area contributed by atoms with Gasteiger partial charge in [-0.15, -0.1) is 0 Å². The predicted molar refractivity (Wildman–Crippen MR) is 79.9 cm³/mol. The summed E-state index contributed by atoms with van der Waals surface area (Å²) in [5, 5.41) is 7.77. The molecule has 0 spiro atoms. The molecule has 1 aliphatic heterocycles. The molecule has 2 aliphatic rings.